The first-order valence-electron chi connectivity index (χ1n) is 19.6. The van der Waals surface area contributed by atoms with E-state index in [1.165, 1.54) is 41.9 Å². The molecule has 8 amide bonds. The van der Waals surface area contributed by atoms with Crippen molar-refractivity contribution in [2.24, 2.45) is 0 Å². The molecule has 2 saturated heterocycles. The number of hydrogen-bond donors (Lipinski definition) is 10. The van der Waals surface area contributed by atoms with Gasteiger partial charge in [0.25, 0.3) is 0 Å². The number of carboxylic acid groups (broad SMARTS) is 1. The van der Waals surface area contributed by atoms with Gasteiger partial charge in [0.15, 0.2) is 0 Å². The molecule has 8 atom stereocenters. The summed E-state index contributed by atoms with van der Waals surface area (Å²) in [6.45, 7) is 3.41. The third-order valence-corrected chi connectivity index (χ3v) is 11.4. The van der Waals surface area contributed by atoms with Crippen LogP contribution in [0.1, 0.15) is 55.8 Å². The van der Waals surface area contributed by atoms with Gasteiger partial charge in [-0.2, -0.15) is 11.8 Å². The number of phenols is 2. The van der Waals surface area contributed by atoms with Gasteiger partial charge in [-0.25, -0.2) is 14.4 Å². The number of imide groups is 1. The summed E-state index contributed by atoms with van der Waals surface area (Å²) in [6.07, 6.45) is 0.576. The predicted octanol–water partition coefficient (Wildman–Crippen LogP) is 0.128. The molecule has 0 aromatic heterocycles. The zero-order valence-corrected chi connectivity index (χ0v) is 34.9. The van der Waals surface area contributed by atoms with Crippen LogP contribution in [-0.2, 0) is 41.6 Å². The van der Waals surface area contributed by atoms with E-state index >= 15 is 0 Å². The van der Waals surface area contributed by atoms with E-state index in [2.05, 4.69) is 31.9 Å². The fourth-order valence-corrected chi connectivity index (χ4v) is 7.82. The number of ether oxygens (including phenoxy) is 1. The van der Waals surface area contributed by atoms with Crippen LogP contribution in [0.2, 0.25) is 0 Å². The van der Waals surface area contributed by atoms with Crippen LogP contribution in [0.3, 0.4) is 0 Å². The van der Waals surface area contributed by atoms with Crippen molar-refractivity contribution in [3.05, 3.63) is 71.1 Å². The van der Waals surface area contributed by atoms with E-state index in [9.17, 15) is 54.0 Å². The van der Waals surface area contributed by atoms with E-state index in [0.29, 0.717) is 11.3 Å². The number of amides is 8. The quantitative estimate of drug-likeness (QED) is 0.107. The van der Waals surface area contributed by atoms with Gasteiger partial charge in [0, 0.05) is 45.1 Å². The maximum atomic E-state index is 14.1. The average molecular weight is 869 g/mol. The van der Waals surface area contributed by atoms with Gasteiger partial charge in [-0.15, -0.1) is 0 Å². The van der Waals surface area contributed by atoms with Crippen molar-refractivity contribution in [1.82, 2.24) is 41.7 Å². The lowest BCUT2D eigenvalue weighted by atomic mass is 9.90. The monoisotopic (exact) mass is 868 g/mol. The number of benzene rings is 2. The van der Waals surface area contributed by atoms with E-state index in [1.54, 1.807) is 37.4 Å². The summed E-state index contributed by atoms with van der Waals surface area (Å²) in [5.41, 5.74) is 2.11. The molecule has 0 aliphatic carbocycles. The predicted molar refractivity (Wildman–Crippen MR) is 220 cm³/mol. The summed E-state index contributed by atoms with van der Waals surface area (Å²) in [5.74, 6) is -3.50. The van der Waals surface area contributed by atoms with E-state index in [0.717, 1.165) is 22.2 Å². The van der Waals surface area contributed by atoms with Gasteiger partial charge in [0.1, 0.15) is 41.5 Å². The Balaban J connectivity index is 1.34. The van der Waals surface area contributed by atoms with Crippen molar-refractivity contribution >= 4 is 53.4 Å². The molecule has 5 rings (SSSR count). The van der Waals surface area contributed by atoms with Crippen LogP contribution in [0.25, 0.3) is 0 Å². The van der Waals surface area contributed by atoms with Crippen molar-refractivity contribution in [2.75, 3.05) is 25.6 Å². The van der Waals surface area contributed by atoms with Crippen LogP contribution >= 0.6 is 11.8 Å². The number of fused-ring (bicyclic) bond motifs is 1. The highest BCUT2D eigenvalue weighted by molar-refractivity contribution is 7.98. The van der Waals surface area contributed by atoms with Crippen molar-refractivity contribution in [3.8, 4) is 11.5 Å². The summed E-state index contributed by atoms with van der Waals surface area (Å²) in [4.78, 5) is 94.1. The number of carboxylic acids is 1. The third-order valence-electron chi connectivity index (χ3n) is 10.8. The smallest absolute Gasteiger partial charge is 0.327 e. The molecule has 0 bridgehead atoms. The normalized spacial score (nSPS) is 22.4. The van der Waals surface area contributed by atoms with Crippen molar-refractivity contribution in [1.29, 1.82) is 0 Å². The number of aromatic hydroxyl groups is 2. The highest BCUT2D eigenvalue weighted by Crippen LogP contribution is 2.30. The van der Waals surface area contributed by atoms with Gasteiger partial charge in [0.2, 0.25) is 29.9 Å². The fourth-order valence-electron chi connectivity index (χ4n) is 7.35. The number of hydrogen-bond acceptors (Lipinski definition) is 13. The SMILES string of the molecule is CSCC[C@@H](NC(=O)N[C@@H](Cc1cccc(O)c1)C(=O)O)C(=O)N[C@H](C(=O)NC=C1C[C@@H](O)[C@H](N2CCC(=O)NC2=O)O1)[C@H](C)N(C)C(=O)[C@H]1Cc2cc(O)ccc2[C@H](C)N1. The Bertz CT molecular complexity index is 2040. The Morgan fingerprint density at radius 2 is 1.74 bits per heavy atom. The first kappa shape index (κ1) is 46.0. The molecule has 3 heterocycles. The zero-order chi connectivity index (χ0) is 44.5. The van der Waals surface area contributed by atoms with Crippen molar-refractivity contribution in [3.63, 3.8) is 0 Å². The standard InChI is InChI=1S/C40H52N8O12S/c1-20-27-9-8-25(50)16-23(27)17-29(42-20)36(55)47(3)21(2)33(35(54)41-19-26-18-31(51)37(60-26)48-12-10-32(52)45-40(48)59)46-34(53)28(11-13-61-4)43-39(58)44-30(38(56)57)15-22-6-5-7-24(49)14-22/h5-9,14,16,19-21,28-31,33,37,42,49-51H,10-13,15,17-18H2,1-4H3,(H,41,54)(H,46,53)(H,56,57)(H2,43,44,58)(H,45,52,59)/t20-,21-,28+,29+,30-,31+,33-,37+/m0/s1. The molecule has 2 aromatic rings. The van der Waals surface area contributed by atoms with Crippen LogP contribution in [0.15, 0.2) is 54.4 Å². The lowest BCUT2D eigenvalue weighted by molar-refractivity contribution is -0.139. The Morgan fingerprint density at radius 3 is 2.43 bits per heavy atom. The highest BCUT2D eigenvalue weighted by atomic mass is 32.2. The molecule has 2 aromatic carbocycles. The number of aliphatic hydroxyl groups excluding tert-OH is 1. The van der Waals surface area contributed by atoms with Gasteiger partial charge in [-0.3, -0.25) is 34.7 Å². The maximum absolute atomic E-state index is 14.1. The Labute approximate surface area is 355 Å². The highest BCUT2D eigenvalue weighted by Gasteiger charge is 2.41. The van der Waals surface area contributed by atoms with Gasteiger partial charge < -0.3 is 51.3 Å². The van der Waals surface area contributed by atoms with Crippen molar-refractivity contribution < 1.29 is 58.7 Å². The lowest BCUT2D eigenvalue weighted by Gasteiger charge is -2.37. The topological polar surface area (TPSA) is 288 Å². The summed E-state index contributed by atoms with van der Waals surface area (Å²) < 4.78 is 5.78. The largest absolute Gasteiger partial charge is 0.508 e. The lowest BCUT2D eigenvalue weighted by Crippen LogP contribution is -2.62. The number of nitrogens with one attached hydrogen (secondary N) is 6. The summed E-state index contributed by atoms with van der Waals surface area (Å²) in [7, 11) is 1.47. The first-order chi connectivity index (χ1) is 28.9. The molecule has 61 heavy (non-hydrogen) atoms. The molecule has 0 saturated carbocycles. The van der Waals surface area contributed by atoms with Crippen molar-refractivity contribution in [2.45, 2.75) is 94.5 Å². The van der Waals surface area contributed by atoms with Crippen LogP contribution in [0.4, 0.5) is 9.59 Å². The molecule has 3 aliphatic rings. The summed E-state index contributed by atoms with van der Waals surface area (Å²) in [6, 6.07) is 2.81. The number of urea groups is 2. The molecule has 21 heteroatoms. The van der Waals surface area contributed by atoms with E-state index < -0.39 is 84.2 Å². The van der Waals surface area contributed by atoms with E-state index in [1.807, 2.05) is 6.92 Å². The molecule has 20 nitrogen and oxygen atoms in total. The summed E-state index contributed by atoms with van der Waals surface area (Å²) >= 11 is 1.37. The molecular formula is C40H52N8O12S. The van der Waals surface area contributed by atoms with Crippen LogP contribution in [-0.4, -0.2) is 140 Å². The summed E-state index contributed by atoms with van der Waals surface area (Å²) in [5, 5.41) is 56.1. The Hall–Kier alpha value is -6.06. The fraction of sp³-hybridized carbons (Fsp3) is 0.475. The molecule has 2 fully saturated rings. The van der Waals surface area contributed by atoms with Gasteiger partial charge >= 0.3 is 18.0 Å². The molecular weight excluding hydrogens is 817 g/mol. The number of carbonyl (C=O) groups is 7. The van der Waals surface area contributed by atoms with Gasteiger partial charge in [-0.05, 0) is 79.7 Å². The minimum Gasteiger partial charge on any atom is -0.508 e. The average Bonchev–Trinajstić information content (AvgIpc) is 3.58. The molecule has 3 aliphatic heterocycles. The number of carbonyl (C=O) groups excluding carboxylic acids is 6. The second kappa shape index (κ2) is 20.5. The number of aliphatic carboxylic acids is 1. The first-order valence-corrected chi connectivity index (χ1v) is 21.0. The number of rotatable bonds is 16. The van der Waals surface area contributed by atoms with Crippen LogP contribution in [0.5, 0.6) is 11.5 Å². The number of likely N-dealkylation sites (N-methyl/N-ethyl adjacent to an activating group) is 1. The number of nitrogens with zero attached hydrogens (tertiary/aromatic N) is 2. The second-order valence-corrected chi connectivity index (χ2v) is 16.1. The third kappa shape index (κ3) is 11.8. The van der Waals surface area contributed by atoms with E-state index in [-0.39, 0.29) is 61.9 Å². The number of aliphatic hydroxyl groups is 1. The molecule has 330 valence electrons. The zero-order valence-electron chi connectivity index (χ0n) is 34.0. The molecule has 10 N–H and O–H groups in total. The number of phenolic OH excluding ortho intramolecular Hbond substituents is 2. The Kier molecular flexibility index (Phi) is 15.4. The van der Waals surface area contributed by atoms with Gasteiger partial charge in [0.05, 0.1) is 12.1 Å². The van der Waals surface area contributed by atoms with E-state index in [4.69, 9.17) is 4.74 Å². The maximum Gasteiger partial charge on any atom is 0.327 e. The van der Waals surface area contributed by atoms with Gasteiger partial charge in [-0.1, -0.05) is 18.2 Å². The Morgan fingerprint density at radius 1 is 1.02 bits per heavy atom. The second-order valence-electron chi connectivity index (χ2n) is 15.1. The molecule has 0 spiro atoms. The van der Waals surface area contributed by atoms with Crippen LogP contribution < -0.4 is 31.9 Å². The minimum absolute atomic E-state index is 0.00228. The number of thioether (sulfide) groups is 1. The molecule has 0 unspecified atom stereocenters. The van der Waals surface area contributed by atoms with Crippen LogP contribution in [0, 0.1) is 0 Å². The molecule has 0 radical (unpaired) electrons. The minimum atomic E-state index is -1.48.